The van der Waals surface area contributed by atoms with E-state index in [2.05, 4.69) is 6.08 Å². The van der Waals surface area contributed by atoms with Crippen LogP contribution in [0.3, 0.4) is 0 Å². The molecule has 0 heterocycles. The summed E-state index contributed by atoms with van der Waals surface area (Å²) in [7, 11) is 0. The first kappa shape index (κ1) is 11.3. The number of esters is 1. The average molecular weight is 196 g/mol. The Morgan fingerprint density at radius 3 is 2.50 bits per heavy atom. The summed E-state index contributed by atoms with van der Waals surface area (Å²) in [6, 6.07) is 0. The van der Waals surface area contributed by atoms with Gasteiger partial charge in [0, 0.05) is 0 Å². The Kier molecular flexibility index (Phi) is 3.03. The maximum absolute atomic E-state index is 11.9. The van der Waals surface area contributed by atoms with Gasteiger partial charge in [0.05, 0.1) is 5.41 Å². The van der Waals surface area contributed by atoms with Crippen LogP contribution >= 0.6 is 0 Å². The summed E-state index contributed by atoms with van der Waals surface area (Å²) >= 11 is 0. The van der Waals surface area contributed by atoms with Crippen LogP contribution in [0.1, 0.15) is 47.0 Å². The van der Waals surface area contributed by atoms with Gasteiger partial charge in [-0.3, -0.25) is 4.79 Å². The normalized spacial score (nSPS) is 26.6. The SMILES string of the molecule is CC[C@]1(C(=O)OC(C)(C)C)C=CCC1. The largest absolute Gasteiger partial charge is 0.459 e. The molecule has 0 spiro atoms. The molecule has 0 aliphatic heterocycles. The third-order valence-electron chi connectivity index (χ3n) is 2.63. The molecule has 0 bridgehead atoms. The van der Waals surface area contributed by atoms with Gasteiger partial charge in [-0.25, -0.2) is 0 Å². The van der Waals surface area contributed by atoms with E-state index in [9.17, 15) is 4.79 Å². The molecule has 0 aromatic rings. The first-order valence-corrected chi connectivity index (χ1v) is 5.31. The van der Waals surface area contributed by atoms with E-state index in [0.29, 0.717) is 0 Å². The second-order valence-electron chi connectivity index (χ2n) is 4.95. The van der Waals surface area contributed by atoms with Crippen molar-refractivity contribution in [3.05, 3.63) is 12.2 Å². The van der Waals surface area contributed by atoms with Crippen LogP contribution in [0.2, 0.25) is 0 Å². The summed E-state index contributed by atoms with van der Waals surface area (Å²) in [6.07, 6.45) is 6.82. The molecule has 0 saturated heterocycles. The van der Waals surface area contributed by atoms with Crippen LogP contribution in [-0.4, -0.2) is 11.6 Å². The van der Waals surface area contributed by atoms with Crippen LogP contribution in [0.25, 0.3) is 0 Å². The second-order valence-corrected chi connectivity index (χ2v) is 4.95. The Balaban J connectivity index is 2.71. The Morgan fingerprint density at radius 1 is 1.50 bits per heavy atom. The predicted molar refractivity (Wildman–Crippen MR) is 56.9 cm³/mol. The lowest BCUT2D eigenvalue weighted by atomic mass is 9.84. The van der Waals surface area contributed by atoms with E-state index in [1.165, 1.54) is 0 Å². The number of carbonyl (C=O) groups is 1. The van der Waals surface area contributed by atoms with Gasteiger partial charge in [-0.1, -0.05) is 19.1 Å². The van der Waals surface area contributed by atoms with Gasteiger partial charge in [0.25, 0.3) is 0 Å². The van der Waals surface area contributed by atoms with E-state index in [0.717, 1.165) is 19.3 Å². The molecule has 0 N–H and O–H groups in total. The molecule has 0 unspecified atom stereocenters. The lowest BCUT2D eigenvalue weighted by molar-refractivity contribution is -0.164. The highest BCUT2D eigenvalue weighted by Crippen LogP contribution is 2.37. The zero-order valence-corrected chi connectivity index (χ0v) is 9.59. The molecule has 1 atom stereocenters. The van der Waals surface area contributed by atoms with E-state index in [1.54, 1.807) is 0 Å². The average Bonchev–Trinajstić information content (AvgIpc) is 2.49. The molecule has 2 nitrogen and oxygen atoms in total. The monoisotopic (exact) mass is 196 g/mol. The van der Waals surface area contributed by atoms with Crippen molar-refractivity contribution < 1.29 is 9.53 Å². The van der Waals surface area contributed by atoms with Crippen molar-refractivity contribution in [3.8, 4) is 0 Å². The highest BCUT2D eigenvalue weighted by atomic mass is 16.6. The van der Waals surface area contributed by atoms with Gasteiger partial charge in [0.2, 0.25) is 0 Å². The van der Waals surface area contributed by atoms with Gasteiger partial charge < -0.3 is 4.74 Å². The number of rotatable bonds is 2. The molecule has 80 valence electrons. The van der Waals surface area contributed by atoms with Gasteiger partial charge in [-0.05, 0) is 40.0 Å². The van der Waals surface area contributed by atoms with Crippen LogP contribution in [0, 0.1) is 5.41 Å². The Bertz CT molecular complexity index is 248. The summed E-state index contributed by atoms with van der Waals surface area (Å²) in [6.45, 7) is 7.77. The van der Waals surface area contributed by atoms with Crippen LogP contribution in [0.4, 0.5) is 0 Å². The van der Waals surface area contributed by atoms with E-state index in [4.69, 9.17) is 4.74 Å². The maximum Gasteiger partial charge on any atom is 0.316 e. The van der Waals surface area contributed by atoms with Gasteiger partial charge in [-0.2, -0.15) is 0 Å². The Labute approximate surface area is 86.3 Å². The molecular formula is C12H20O2. The number of carbonyl (C=O) groups excluding carboxylic acids is 1. The van der Waals surface area contributed by atoms with E-state index in [1.807, 2.05) is 33.8 Å². The zero-order valence-electron chi connectivity index (χ0n) is 9.59. The Morgan fingerprint density at radius 2 is 2.14 bits per heavy atom. The van der Waals surface area contributed by atoms with E-state index >= 15 is 0 Å². The minimum atomic E-state index is -0.379. The second kappa shape index (κ2) is 3.76. The molecule has 0 fully saturated rings. The van der Waals surface area contributed by atoms with Gasteiger partial charge in [0.1, 0.15) is 5.60 Å². The Hall–Kier alpha value is -0.790. The standard InChI is InChI=1S/C12H20O2/c1-5-12(8-6-7-9-12)10(13)14-11(2,3)4/h6,8H,5,7,9H2,1-4H3/t12-/m0/s1. The molecule has 0 saturated carbocycles. The van der Waals surface area contributed by atoms with Crippen molar-refractivity contribution in [2.45, 2.75) is 52.6 Å². The molecule has 0 aromatic carbocycles. The fraction of sp³-hybridized carbons (Fsp3) is 0.750. The fourth-order valence-electron chi connectivity index (χ4n) is 1.72. The van der Waals surface area contributed by atoms with E-state index < -0.39 is 0 Å². The molecule has 0 radical (unpaired) electrons. The summed E-state index contributed by atoms with van der Waals surface area (Å²) in [4.78, 5) is 11.9. The lowest BCUT2D eigenvalue weighted by Crippen LogP contribution is -2.35. The van der Waals surface area contributed by atoms with Crippen molar-refractivity contribution in [2.75, 3.05) is 0 Å². The lowest BCUT2D eigenvalue weighted by Gasteiger charge is -2.29. The van der Waals surface area contributed by atoms with Crippen LogP contribution in [0.5, 0.6) is 0 Å². The molecule has 1 aliphatic rings. The van der Waals surface area contributed by atoms with Crippen molar-refractivity contribution in [3.63, 3.8) is 0 Å². The minimum Gasteiger partial charge on any atom is -0.459 e. The third kappa shape index (κ3) is 2.37. The number of allylic oxidation sites excluding steroid dienone is 1. The number of ether oxygens (including phenoxy) is 1. The quantitative estimate of drug-likeness (QED) is 0.501. The van der Waals surface area contributed by atoms with Crippen molar-refractivity contribution in [1.29, 1.82) is 0 Å². The minimum absolute atomic E-state index is 0.0683. The highest BCUT2D eigenvalue weighted by Gasteiger charge is 2.39. The van der Waals surface area contributed by atoms with Crippen LogP contribution in [-0.2, 0) is 9.53 Å². The predicted octanol–water partition coefficient (Wildman–Crippen LogP) is 3.07. The molecule has 0 amide bonds. The summed E-state index contributed by atoms with van der Waals surface area (Å²) in [5.74, 6) is -0.0683. The molecular weight excluding hydrogens is 176 g/mol. The van der Waals surface area contributed by atoms with Gasteiger partial charge >= 0.3 is 5.97 Å². The van der Waals surface area contributed by atoms with Crippen molar-refractivity contribution in [1.82, 2.24) is 0 Å². The summed E-state index contributed by atoms with van der Waals surface area (Å²) in [5.41, 5.74) is -0.719. The molecule has 14 heavy (non-hydrogen) atoms. The molecule has 1 aliphatic carbocycles. The third-order valence-corrected chi connectivity index (χ3v) is 2.63. The van der Waals surface area contributed by atoms with Crippen LogP contribution in [0.15, 0.2) is 12.2 Å². The summed E-state index contributed by atoms with van der Waals surface area (Å²) in [5, 5.41) is 0. The zero-order chi connectivity index (χ0) is 10.8. The topological polar surface area (TPSA) is 26.3 Å². The molecule has 0 aromatic heterocycles. The smallest absolute Gasteiger partial charge is 0.316 e. The molecule has 1 rings (SSSR count). The number of hydrogen-bond donors (Lipinski definition) is 0. The van der Waals surface area contributed by atoms with Crippen molar-refractivity contribution in [2.24, 2.45) is 5.41 Å². The first-order valence-electron chi connectivity index (χ1n) is 5.31. The highest BCUT2D eigenvalue weighted by molar-refractivity contribution is 5.80. The van der Waals surface area contributed by atoms with Crippen LogP contribution < -0.4 is 0 Å². The van der Waals surface area contributed by atoms with E-state index in [-0.39, 0.29) is 17.0 Å². The maximum atomic E-state index is 11.9. The fourth-order valence-corrected chi connectivity index (χ4v) is 1.72. The summed E-state index contributed by atoms with van der Waals surface area (Å²) < 4.78 is 5.43. The van der Waals surface area contributed by atoms with Gasteiger partial charge in [-0.15, -0.1) is 0 Å². The number of hydrogen-bond acceptors (Lipinski definition) is 2. The van der Waals surface area contributed by atoms with Gasteiger partial charge in [0.15, 0.2) is 0 Å². The first-order chi connectivity index (χ1) is 6.40. The van der Waals surface area contributed by atoms with Crippen molar-refractivity contribution >= 4 is 5.97 Å². The molecule has 2 heteroatoms.